The predicted octanol–water partition coefficient (Wildman–Crippen LogP) is 4.53. The molecule has 1 N–H and O–H groups in total. The van der Waals surface area contributed by atoms with Crippen LogP contribution >= 0.6 is 27.5 Å². The van der Waals surface area contributed by atoms with Gasteiger partial charge in [0.2, 0.25) is 0 Å². The van der Waals surface area contributed by atoms with Gasteiger partial charge in [0, 0.05) is 6.07 Å². The number of hydrogen-bond acceptors (Lipinski definition) is 2. The molecule has 2 nitrogen and oxygen atoms in total. The van der Waals surface area contributed by atoms with Gasteiger partial charge in [-0.05, 0) is 45.8 Å². The molecule has 2 aromatic rings. The molecule has 0 fully saturated rings. The molecule has 5 heteroatoms. The number of aliphatic hydroxyl groups is 1. The molecule has 0 aliphatic heterocycles. The molecule has 0 atom stereocenters. The van der Waals surface area contributed by atoms with E-state index < -0.39 is 5.82 Å². The third-order valence-corrected chi connectivity index (χ3v) is 3.21. The number of aliphatic hydroxyl groups excluding tert-OH is 1. The van der Waals surface area contributed by atoms with E-state index in [2.05, 4.69) is 15.9 Å². The fourth-order valence-corrected chi connectivity index (χ4v) is 2.07. The summed E-state index contributed by atoms with van der Waals surface area (Å²) in [6.45, 7) is -0.0404. The molecule has 0 aliphatic rings. The Morgan fingerprint density at radius 2 is 2.00 bits per heavy atom. The minimum Gasteiger partial charge on any atom is -0.456 e. The first-order valence-electron chi connectivity index (χ1n) is 5.12. The second kappa shape index (κ2) is 5.69. The molecule has 0 radical (unpaired) electrons. The largest absolute Gasteiger partial charge is 0.456 e. The Labute approximate surface area is 117 Å². The summed E-state index contributed by atoms with van der Waals surface area (Å²) in [4.78, 5) is 0. The van der Waals surface area contributed by atoms with Crippen molar-refractivity contribution in [1.29, 1.82) is 0 Å². The van der Waals surface area contributed by atoms with Gasteiger partial charge in [0.1, 0.15) is 17.3 Å². The SMILES string of the molecule is OCc1ccc(Oc2ccc(F)c(Cl)c2)c(Br)c1. The van der Waals surface area contributed by atoms with Gasteiger partial charge in [0.05, 0.1) is 16.1 Å². The molecule has 2 rings (SSSR count). The number of benzene rings is 2. The highest BCUT2D eigenvalue weighted by atomic mass is 79.9. The van der Waals surface area contributed by atoms with Crippen molar-refractivity contribution in [2.45, 2.75) is 6.61 Å². The Hall–Kier alpha value is -1.10. The Morgan fingerprint density at radius 3 is 2.61 bits per heavy atom. The average molecular weight is 332 g/mol. The van der Waals surface area contributed by atoms with Crippen LogP contribution in [0.5, 0.6) is 11.5 Å². The van der Waals surface area contributed by atoms with Gasteiger partial charge in [-0.2, -0.15) is 0 Å². The van der Waals surface area contributed by atoms with Crippen LogP contribution in [0.2, 0.25) is 5.02 Å². The Balaban J connectivity index is 2.25. The molecule has 0 bridgehead atoms. The van der Waals surface area contributed by atoms with E-state index in [0.29, 0.717) is 16.0 Å². The van der Waals surface area contributed by atoms with Crippen molar-refractivity contribution in [1.82, 2.24) is 0 Å². The quantitative estimate of drug-likeness (QED) is 0.895. The molecule has 0 aliphatic carbocycles. The topological polar surface area (TPSA) is 29.5 Å². The van der Waals surface area contributed by atoms with Crippen LogP contribution in [0.25, 0.3) is 0 Å². The van der Waals surface area contributed by atoms with Crippen LogP contribution in [0.1, 0.15) is 5.56 Å². The molecule has 0 saturated carbocycles. The molecule has 0 heterocycles. The van der Waals surface area contributed by atoms with Crippen molar-refractivity contribution in [2.75, 3.05) is 0 Å². The summed E-state index contributed by atoms with van der Waals surface area (Å²) in [5.41, 5.74) is 0.770. The number of ether oxygens (including phenoxy) is 1. The summed E-state index contributed by atoms with van der Waals surface area (Å²) in [5, 5.41) is 9.00. The van der Waals surface area contributed by atoms with Crippen molar-refractivity contribution in [3.05, 3.63) is 57.3 Å². The van der Waals surface area contributed by atoms with Gasteiger partial charge in [-0.15, -0.1) is 0 Å². The zero-order chi connectivity index (χ0) is 13.1. The molecule has 0 amide bonds. The summed E-state index contributed by atoms with van der Waals surface area (Å²) in [5.74, 6) is 0.521. The summed E-state index contributed by atoms with van der Waals surface area (Å²) in [7, 11) is 0. The minimum atomic E-state index is -0.487. The van der Waals surface area contributed by atoms with E-state index in [4.69, 9.17) is 21.4 Å². The van der Waals surface area contributed by atoms with Crippen LogP contribution in [0.3, 0.4) is 0 Å². The smallest absolute Gasteiger partial charge is 0.142 e. The van der Waals surface area contributed by atoms with Crippen molar-refractivity contribution >= 4 is 27.5 Å². The molecule has 18 heavy (non-hydrogen) atoms. The van der Waals surface area contributed by atoms with Gasteiger partial charge in [-0.3, -0.25) is 0 Å². The van der Waals surface area contributed by atoms with E-state index in [1.165, 1.54) is 18.2 Å². The average Bonchev–Trinajstić information content (AvgIpc) is 2.36. The predicted molar refractivity (Wildman–Crippen MR) is 71.5 cm³/mol. The molecule has 2 aromatic carbocycles. The van der Waals surface area contributed by atoms with Crippen LogP contribution < -0.4 is 4.74 Å². The Morgan fingerprint density at radius 1 is 1.22 bits per heavy atom. The number of halogens is 3. The van der Waals surface area contributed by atoms with Crippen molar-refractivity contribution in [2.24, 2.45) is 0 Å². The lowest BCUT2D eigenvalue weighted by molar-refractivity contribution is 0.281. The molecule has 0 saturated heterocycles. The lowest BCUT2D eigenvalue weighted by Crippen LogP contribution is -1.89. The van der Waals surface area contributed by atoms with Gasteiger partial charge >= 0.3 is 0 Å². The molecule has 0 spiro atoms. The summed E-state index contributed by atoms with van der Waals surface area (Å²) in [6, 6.07) is 9.35. The van der Waals surface area contributed by atoms with Gasteiger partial charge in [-0.25, -0.2) is 4.39 Å². The second-order valence-electron chi connectivity index (χ2n) is 3.60. The van der Waals surface area contributed by atoms with Gasteiger partial charge < -0.3 is 9.84 Å². The Kier molecular flexibility index (Phi) is 4.22. The molecular weight excluding hydrogens is 322 g/mol. The molecular formula is C13H9BrClFO2. The van der Waals surface area contributed by atoms with Gasteiger partial charge in [0.25, 0.3) is 0 Å². The normalized spacial score (nSPS) is 10.4. The maximum absolute atomic E-state index is 13.0. The lowest BCUT2D eigenvalue weighted by atomic mass is 10.2. The molecule has 0 aromatic heterocycles. The Bertz CT molecular complexity index is 575. The van der Waals surface area contributed by atoms with E-state index in [1.54, 1.807) is 18.2 Å². The zero-order valence-corrected chi connectivity index (χ0v) is 11.5. The third kappa shape index (κ3) is 3.02. The van der Waals surface area contributed by atoms with Crippen LogP contribution in [0.15, 0.2) is 40.9 Å². The maximum atomic E-state index is 13.0. The van der Waals surface area contributed by atoms with Gasteiger partial charge in [-0.1, -0.05) is 17.7 Å². The fraction of sp³-hybridized carbons (Fsp3) is 0.0769. The fourth-order valence-electron chi connectivity index (χ4n) is 1.39. The van der Waals surface area contributed by atoms with E-state index in [-0.39, 0.29) is 11.6 Å². The lowest BCUT2D eigenvalue weighted by Gasteiger charge is -2.09. The van der Waals surface area contributed by atoms with E-state index in [9.17, 15) is 4.39 Å². The highest BCUT2D eigenvalue weighted by Gasteiger charge is 2.06. The van der Waals surface area contributed by atoms with Crippen LogP contribution in [0, 0.1) is 5.82 Å². The highest BCUT2D eigenvalue weighted by Crippen LogP contribution is 2.32. The van der Waals surface area contributed by atoms with E-state index in [1.807, 2.05) is 0 Å². The van der Waals surface area contributed by atoms with Crippen LogP contribution in [-0.2, 0) is 6.61 Å². The first-order chi connectivity index (χ1) is 8.60. The van der Waals surface area contributed by atoms with Crippen molar-refractivity contribution in [3.63, 3.8) is 0 Å². The molecule has 0 unspecified atom stereocenters. The van der Waals surface area contributed by atoms with Crippen LogP contribution in [0.4, 0.5) is 4.39 Å². The highest BCUT2D eigenvalue weighted by molar-refractivity contribution is 9.10. The summed E-state index contributed by atoms with van der Waals surface area (Å²) in [6.07, 6.45) is 0. The maximum Gasteiger partial charge on any atom is 0.142 e. The molecule has 94 valence electrons. The summed E-state index contributed by atoms with van der Waals surface area (Å²) >= 11 is 9.00. The zero-order valence-electron chi connectivity index (χ0n) is 9.16. The monoisotopic (exact) mass is 330 g/mol. The van der Waals surface area contributed by atoms with Crippen LogP contribution in [-0.4, -0.2) is 5.11 Å². The number of hydrogen-bond donors (Lipinski definition) is 1. The third-order valence-electron chi connectivity index (χ3n) is 2.30. The van der Waals surface area contributed by atoms with Gasteiger partial charge in [0.15, 0.2) is 0 Å². The van der Waals surface area contributed by atoms with E-state index >= 15 is 0 Å². The van der Waals surface area contributed by atoms with Crippen molar-refractivity contribution < 1.29 is 14.2 Å². The minimum absolute atomic E-state index is 0.00982. The first kappa shape index (κ1) is 13.3. The standard InChI is InChI=1S/C13H9BrClFO2/c14-10-5-8(7-17)1-4-13(10)18-9-2-3-12(16)11(15)6-9/h1-6,17H,7H2. The summed E-state index contributed by atoms with van der Waals surface area (Å²) < 4.78 is 19.3. The van der Waals surface area contributed by atoms with Crippen molar-refractivity contribution in [3.8, 4) is 11.5 Å². The van der Waals surface area contributed by atoms with E-state index in [0.717, 1.165) is 5.56 Å². The number of rotatable bonds is 3. The second-order valence-corrected chi connectivity index (χ2v) is 4.86. The first-order valence-corrected chi connectivity index (χ1v) is 6.29.